The second-order valence-electron chi connectivity index (χ2n) is 6.14. The van der Waals surface area contributed by atoms with Gasteiger partial charge in [-0.05, 0) is 49.4 Å². The fourth-order valence-corrected chi connectivity index (χ4v) is 3.26. The van der Waals surface area contributed by atoms with E-state index < -0.39 is 0 Å². The molecule has 1 saturated carbocycles. The van der Waals surface area contributed by atoms with Crippen molar-refractivity contribution < 1.29 is 14.2 Å². The standard InChI is InChI=1S/C19H30O3/c1-4-21-11-12-22-15(2)17-9-10-19(20-3)18(14-17)13-16-7-5-6-8-16/h9-10,14-16H,4-8,11-13H2,1-3H3. The highest BCUT2D eigenvalue weighted by molar-refractivity contribution is 5.38. The number of hydrogen-bond donors (Lipinski definition) is 0. The van der Waals surface area contributed by atoms with Crippen molar-refractivity contribution in [3.63, 3.8) is 0 Å². The zero-order chi connectivity index (χ0) is 15.8. The second kappa shape index (κ2) is 9.16. The number of benzene rings is 1. The lowest BCUT2D eigenvalue weighted by Gasteiger charge is -2.18. The summed E-state index contributed by atoms with van der Waals surface area (Å²) < 4.78 is 16.7. The Kier molecular flexibility index (Phi) is 7.20. The highest BCUT2D eigenvalue weighted by Gasteiger charge is 2.18. The predicted molar refractivity (Wildman–Crippen MR) is 89.5 cm³/mol. The molecule has 3 heteroatoms. The SMILES string of the molecule is CCOCCOC(C)c1ccc(OC)c(CC2CCCC2)c1. The minimum absolute atomic E-state index is 0.0914. The molecule has 22 heavy (non-hydrogen) atoms. The second-order valence-corrected chi connectivity index (χ2v) is 6.14. The van der Waals surface area contributed by atoms with E-state index in [0.717, 1.165) is 24.7 Å². The van der Waals surface area contributed by atoms with Gasteiger partial charge >= 0.3 is 0 Å². The molecular formula is C19H30O3. The Hall–Kier alpha value is -1.06. The quantitative estimate of drug-likeness (QED) is 0.627. The smallest absolute Gasteiger partial charge is 0.122 e. The highest BCUT2D eigenvalue weighted by atomic mass is 16.5. The van der Waals surface area contributed by atoms with E-state index >= 15 is 0 Å². The van der Waals surface area contributed by atoms with Gasteiger partial charge in [0.05, 0.1) is 26.4 Å². The van der Waals surface area contributed by atoms with Gasteiger partial charge in [-0.2, -0.15) is 0 Å². The first kappa shape index (κ1) is 17.3. The molecule has 1 aromatic carbocycles. The summed E-state index contributed by atoms with van der Waals surface area (Å²) in [5.74, 6) is 1.83. The fourth-order valence-electron chi connectivity index (χ4n) is 3.26. The molecule has 0 radical (unpaired) electrons. The maximum absolute atomic E-state index is 5.86. The molecule has 0 spiro atoms. The van der Waals surface area contributed by atoms with Crippen LogP contribution in [0.15, 0.2) is 18.2 Å². The molecule has 2 rings (SSSR count). The predicted octanol–water partition coefficient (Wildman–Crippen LogP) is 4.54. The van der Waals surface area contributed by atoms with Gasteiger partial charge in [0.1, 0.15) is 5.75 Å². The normalized spacial score (nSPS) is 16.9. The van der Waals surface area contributed by atoms with Gasteiger partial charge in [-0.15, -0.1) is 0 Å². The van der Waals surface area contributed by atoms with E-state index in [4.69, 9.17) is 14.2 Å². The average Bonchev–Trinajstić information content (AvgIpc) is 3.04. The van der Waals surface area contributed by atoms with Crippen molar-refractivity contribution in [2.45, 2.75) is 52.1 Å². The van der Waals surface area contributed by atoms with Crippen LogP contribution in [0.5, 0.6) is 5.75 Å². The molecule has 1 aliphatic carbocycles. The molecule has 0 aromatic heterocycles. The van der Waals surface area contributed by atoms with Crippen molar-refractivity contribution in [3.8, 4) is 5.75 Å². The first-order valence-electron chi connectivity index (χ1n) is 8.60. The molecule has 0 heterocycles. The first-order valence-corrected chi connectivity index (χ1v) is 8.60. The summed E-state index contributed by atoms with van der Waals surface area (Å²) in [5.41, 5.74) is 2.55. The topological polar surface area (TPSA) is 27.7 Å². The summed E-state index contributed by atoms with van der Waals surface area (Å²) in [4.78, 5) is 0. The van der Waals surface area contributed by atoms with Crippen molar-refractivity contribution in [1.82, 2.24) is 0 Å². The summed E-state index contributed by atoms with van der Waals surface area (Å²) in [6, 6.07) is 6.47. The van der Waals surface area contributed by atoms with E-state index in [-0.39, 0.29) is 6.10 Å². The van der Waals surface area contributed by atoms with Crippen LogP contribution in [0.2, 0.25) is 0 Å². The summed E-state index contributed by atoms with van der Waals surface area (Å²) in [6.07, 6.45) is 6.69. The Morgan fingerprint density at radius 3 is 2.64 bits per heavy atom. The number of ether oxygens (including phenoxy) is 3. The van der Waals surface area contributed by atoms with Crippen LogP contribution in [0.1, 0.15) is 56.8 Å². The van der Waals surface area contributed by atoms with Gasteiger partial charge in [0, 0.05) is 6.61 Å². The lowest BCUT2D eigenvalue weighted by atomic mass is 9.95. The van der Waals surface area contributed by atoms with Gasteiger partial charge in [0.15, 0.2) is 0 Å². The van der Waals surface area contributed by atoms with E-state index in [2.05, 4.69) is 25.1 Å². The molecule has 1 atom stereocenters. The van der Waals surface area contributed by atoms with Gasteiger partial charge in [-0.1, -0.05) is 31.7 Å². The number of rotatable bonds is 9. The fraction of sp³-hybridized carbons (Fsp3) is 0.684. The van der Waals surface area contributed by atoms with Gasteiger partial charge < -0.3 is 14.2 Å². The lowest BCUT2D eigenvalue weighted by molar-refractivity contribution is 0.0146. The summed E-state index contributed by atoms with van der Waals surface area (Å²) in [7, 11) is 1.76. The third kappa shape index (κ3) is 4.99. The van der Waals surface area contributed by atoms with Crippen molar-refractivity contribution in [3.05, 3.63) is 29.3 Å². The molecule has 0 amide bonds. The van der Waals surface area contributed by atoms with Crippen LogP contribution >= 0.6 is 0 Å². The molecule has 3 nitrogen and oxygen atoms in total. The highest BCUT2D eigenvalue weighted by Crippen LogP contribution is 2.32. The maximum Gasteiger partial charge on any atom is 0.122 e. The Bertz CT molecular complexity index is 438. The van der Waals surface area contributed by atoms with Crippen molar-refractivity contribution >= 4 is 0 Å². The van der Waals surface area contributed by atoms with Crippen LogP contribution in [-0.4, -0.2) is 26.9 Å². The third-order valence-corrected chi connectivity index (χ3v) is 4.56. The molecule has 124 valence electrons. The van der Waals surface area contributed by atoms with E-state index in [1.165, 1.54) is 36.8 Å². The largest absolute Gasteiger partial charge is 0.496 e. The van der Waals surface area contributed by atoms with Crippen molar-refractivity contribution in [2.75, 3.05) is 26.9 Å². The van der Waals surface area contributed by atoms with Crippen LogP contribution in [0.25, 0.3) is 0 Å². The summed E-state index contributed by atoms with van der Waals surface area (Å²) in [6.45, 7) is 6.14. The van der Waals surface area contributed by atoms with Crippen molar-refractivity contribution in [2.24, 2.45) is 5.92 Å². The summed E-state index contributed by atoms with van der Waals surface area (Å²) in [5, 5.41) is 0. The van der Waals surface area contributed by atoms with Gasteiger partial charge in [0.2, 0.25) is 0 Å². The Morgan fingerprint density at radius 1 is 1.18 bits per heavy atom. The van der Waals surface area contributed by atoms with Crippen LogP contribution in [0.3, 0.4) is 0 Å². The zero-order valence-corrected chi connectivity index (χ0v) is 14.3. The average molecular weight is 306 g/mol. The third-order valence-electron chi connectivity index (χ3n) is 4.56. The zero-order valence-electron chi connectivity index (χ0n) is 14.3. The molecule has 1 aliphatic rings. The molecule has 1 unspecified atom stereocenters. The maximum atomic E-state index is 5.86. The molecule has 0 bridgehead atoms. The summed E-state index contributed by atoms with van der Waals surface area (Å²) >= 11 is 0. The Labute approximate surface area is 135 Å². The number of hydrogen-bond acceptors (Lipinski definition) is 3. The Balaban J connectivity index is 1.98. The molecule has 1 fully saturated rings. The number of methoxy groups -OCH3 is 1. The van der Waals surface area contributed by atoms with E-state index in [0.29, 0.717) is 13.2 Å². The van der Waals surface area contributed by atoms with Gasteiger partial charge in [-0.3, -0.25) is 0 Å². The monoisotopic (exact) mass is 306 g/mol. The molecule has 1 aromatic rings. The van der Waals surface area contributed by atoms with Gasteiger partial charge in [-0.25, -0.2) is 0 Å². The van der Waals surface area contributed by atoms with Crippen LogP contribution in [0, 0.1) is 5.92 Å². The van der Waals surface area contributed by atoms with Crippen LogP contribution < -0.4 is 4.74 Å². The van der Waals surface area contributed by atoms with Crippen LogP contribution in [0.4, 0.5) is 0 Å². The first-order chi connectivity index (χ1) is 10.7. The van der Waals surface area contributed by atoms with E-state index in [9.17, 15) is 0 Å². The molecule has 0 N–H and O–H groups in total. The minimum atomic E-state index is 0.0914. The molecule has 0 aliphatic heterocycles. The van der Waals surface area contributed by atoms with Gasteiger partial charge in [0.25, 0.3) is 0 Å². The minimum Gasteiger partial charge on any atom is -0.496 e. The van der Waals surface area contributed by atoms with E-state index in [1.807, 2.05) is 6.92 Å². The van der Waals surface area contributed by atoms with E-state index in [1.54, 1.807) is 7.11 Å². The molecular weight excluding hydrogens is 276 g/mol. The van der Waals surface area contributed by atoms with Crippen molar-refractivity contribution in [1.29, 1.82) is 0 Å². The molecule has 0 saturated heterocycles. The van der Waals surface area contributed by atoms with Crippen LogP contribution in [-0.2, 0) is 15.9 Å². The lowest BCUT2D eigenvalue weighted by Crippen LogP contribution is -2.08. The Morgan fingerprint density at radius 2 is 1.95 bits per heavy atom.